The van der Waals surface area contributed by atoms with E-state index in [9.17, 15) is 31.9 Å². The van der Waals surface area contributed by atoms with Gasteiger partial charge in [-0.25, -0.2) is 13.8 Å². The van der Waals surface area contributed by atoms with E-state index in [1.54, 1.807) is 0 Å². The molecule has 182 valence electrons. The summed E-state index contributed by atoms with van der Waals surface area (Å²) in [6, 6.07) is 7.89. The predicted molar refractivity (Wildman–Crippen MR) is 116 cm³/mol. The third-order valence-electron chi connectivity index (χ3n) is 5.64. The number of carbonyl (C=O) groups is 1. The number of carboxylic acids is 1. The van der Waals surface area contributed by atoms with Gasteiger partial charge in [0.05, 0.1) is 11.5 Å². The molecule has 5 nitrogen and oxygen atoms in total. The van der Waals surface area contributed by atoms with Gasteiger partial charge in [-0.1, -0.05) is 0 Å². The molecule has 1 heterocycles. The summed E-state index contributed by atoms with van der Waals surface area (Å²) < 4.78 is 73.2. The van der Waals surface area contributed by atoms with E-state index in [0.717, 1.165) is 12.1 Å². The van der Waals surface area contributed by atoms with Crippen molar-refractivity contribution in [1.82, 2.24) is 4.98 Å². The summed E-state index contributed by atoms with van der Waals surface area (Å²) in [6.45, 7) is -0.396. The first-order valence-corrected chi connectivity index (χ1v) is 10.5. The van der Waals surface area contributed by atoms with Crippen LogP contribution in [0.4, 0.5) is 27.6 Å². The highest BCUT2D eigenvalue weighted by Crippen LogP contribution is 2.44. The van der Waals surface area contributed by atoms with E-state index < -0.39 is 36.0 Å². The van der Waals surface area contributed by atoms with Gasteiger partial charge in [0.1, 0.15) is 18.2 Å². The summed E-state index contributed by atoms with van der Waals surface area (Å²) in [4.78, 5) is 15.2. The lowest BCUT2D eigenvalue weighted by Crippen LogP contribution is -2.22. The first kappa shape index (κ1) is 24.2. The average molecular weight is 489 g/mol. The molecule has 0 unspecified atom stereocenters. The number of pyridine rings is 1. The number of allylic oxidation sites excluding steroid dienone is 2. The molecule has 0 radical (unpaired) electrons. The number of halogens is 5. The van der Waals surface area contributed by atoms with Crippen LogP contribution in [-0.2, 0) is 12.8 Å². The smallest absolute Gasteiger partial charge is 0.417 e. The first-order chi connectivity index (χ1) is 16.5. The molecule has 10 heteroatoms. The Morgan fingerprint density at radius 1 is 1.06 bits per heavy atom. The molecule has 2 N–H and O–H groups in total. The van der Waals surface area contributed by atoms with E-state index in [1.165, 1.54) is 24.3 Å². The standard InChI is InChI=1S/C25H19F5N2O3/c26-17-5-4-13(22(27)10-17)12-35-23-21(9-16(11-32-23)25(28,29)30)20-3-1-2-19(20)14-6-15(24(33)34)8-18(31)7-14/h4-11H,1-3,12,31H2,(H,33,34)/p-1. The second-order valence-corrected chi connectivity index (χ2v) is 8.04. The average Bonchev–Trinajstić information content (AvgIpc) is 3.27. The SMILES string of the molecule is Nc1cc(C(=O)[O-])cc(C2=C(c3cc(C(F)(F)F)cnc3OCc3ccc(F)cc3F)CCC2)c1. The van der Waals surface area contributed by atoms with Crippen molar-refractivity contribution in [2.45, 2.75) is 32.0 Å². The summed E-state index contributed by atoms with van der Waals surface area (Å²) in [5.74, 6) is -3.25. The maximum absolute atomic E-state index is 14.0. The number of nitrogen functional groups attached to an aromatic ring is 1. The molecule has 0 bridgehead atoms. The normalized spacial score (nSPS) is 13.9. The van der Waals surface area contributed by atoms with Gasteiger partial charge in [-0.05, 0) is 77.9 Å². The van der Waals surface area contributed by atoms with Crippen molar-refractivity contribution in [2.75, 3.05) is 5.73 Å². The number of rotatable bonds is 6. The van der Waals surface area contributed by atoms with Crippen LogP contribution in [0.2, 0.25) is 0 Å². The minimum Gasteiger partial charge on any atom is -0.545 e. The largest absolute Gasteiger partial charge is 0.545 e. The maximum Gasteiger partial charge on any atom is 0.417 e. The lowest BCUT2D eigenvalue weighted by molar-refractivity contribution is -0.255. The molecule has 0 amide bonds. The molecule has 0 aliphatic heterocycles. The number of aromatic carboxylic acids is 1. The number of nitrogens with two attached hydrogens (primary N) is 1. The Bertz CT molecular complexity index is 1340. The van der Waals surface area contributed by atoms with Gasteiger partial charge in [0.15, 0.2) is 0 Å². The molecule has 1 aromatic heterocycles. The van der Waals surface area contributed by atoms with Crippen molar-refractivity contribution in [2.24, 2.45) is 0 Å². The zero-order valence-corrected chi connectivity index (χ0v) is 18.1. The van der Waals surface area contributed by atoms with Crippen molar-refractivity contribution in [3.05, 3.63) is 88.1 Å². The Labute approximate surface area is 196 Å². The number of nitrogens with zero attached hydrogens (tertiary/aromatic N) is 1. The molecule has 4 rings (SSSR count). The van der Waals surface area contributed by atoms with Gasteiger partial charge >= 0.3 is 6.18 Å². The van der Waals surface area contributed by atoms with Crippen LogP contribution in [0.1, 0.15) is 51.9 Å². The molecular formula is C25H18F5N2O3-. The second-order valence-electron chi connectivity index (χ2n) is 8.04. The van der Waals surface area contributed by atoms with Gasteiger partial charge in [-0.3, -0.25) is 0 Å². The van der Waals surface area contributed by atoms with E-state index in [1.807, 2.05) is 0 Å². The summed E-state index contributed by atoms with van der Waals surface area (Å²) in [5, 5.41) is 11.4. The molecule has 0 atom stereocenters. The molecule has 35 heavy (non-hydrogen) atoms. The Kier molecular flexibility index (Phi) is 6.47. The number of ether oxygens (including phenoxy) is 1. The minimum atomic E-state index is -4.68. The highest BCUT2D eigenvalue weighted by molar-refractivity contribution is 5.96. The van der Waals surface area contributed by atoms with Gasteiger partial charge < -0.3 is 20.4 Å². The highest BCUT2D eigenvalue weighted by Gasteiger charge is 2.33. The highest BCUT2D eigenvalue weighted by atomic mass is 19.4. The number of carbonyl (C=O) groups excluding carboxylic acids is 1. The lowest BCUT2D eigenvalue weighted by Gasteiger charge is -2.17. The molecular weight excluding hydrogens is 471 g/mol. The Balaban J connectivity index is 1.81. The number of hydrogen-bond acceptors (Lipinski definition) is 5. The van der Waals surface area contributed by atoms with Gasteiger partial charge in [-0.2, -0.15) is 13.2 Å². The molecule has 0 saturated carbocycles. The van der Waals surface area contributed by atoms with Crippen LogP contribution in [-0.4, -0.2) is 11.0 Å². The topological polar surface area (TPSA) is 88.3 Å². The zero-order chi connectivity index (χ0) is 25.3. The minimum absolute atomic E-state index is 0.00546. The molecule has 0 fully saturated rings. The summed E-state index contributed by atoms with van der Waals surface area (Å²) in [7, 11) is 0. The fourth-order valence-electron chi connectivity index (χ4n) is 4.03. The van der Waals surface area contributed by atoms with E-state index in [-0.39, 0.29) is 28.3 Å². The van der Waals surface area contributed by atoms with Crippen LogP contribution in [0.5, 0.6) is 5.88 Å². The lowest BCUT2D eigenvalue weighted by atomic mass is 9.95. The van der Waals surface area contributed by atoms with Crippen molar-refractivity contribution in [1.29, 1.82) is 0 Å². The Morgan fingerprint density at radius 3 is 2.49 bits per heavy atom. The maximum atomic E-state index is 14.0. The summed E-state index contributed by atoms with van der Waals surface area (Å²) >= 11 is 0. The summed E-state index contributed by atoms with van der Waals surface area (Å²) in [5.41, 5.74) is 6.38. The van der Waals surface area contributed by atoms with Crippen LogP contribution >= 0.6 is 0 Å². The number of hydrogen-bond donors (Lipinski definition) is 1. The molecule has 1 aliphatic rings. The monoisotopic (exact) mass is 489 g/mol. The number of anilines is 1. The van der Waals surface area contributed by atoms with E-state index in [2.05, 4.69) is 4.98 Å². The fraction of sp³-hybridized carbons (Fsp3) is 0.200. The zero-order valence-electron chi connectivity index (χ0n) is 18.1. The van der Waals surface area contributed by atoms with Gasteiger partial charge in [0.25, 0.3) is 0 Å². The van der Waals surface area contributed by atoms with Crippen LogP contribution in [0.25, 0.3) is 11.1 Å². The molecule has 0 spiro atoms. The van der Waals surface area contributed by atoms with Gasteiger partial charge in [0.2, 0.25) is 5.88 Å². The molecule has 3 aromatic rings. The Hall–Kier alpha value is -3.95. The fourth-order valence-corrected chi connectivity index (χ4v) is 4.03. The number of benzene rings is 2. The van der Waals surface area contributed by atoms with Crippen molar-refractivity contribution in [3.63, 3.8) is 0 Å². The number of alkyl halides is 3. The van der Waals surface area contributed by atoms with Crippen molar-refractivity contribution < 1.29 is 36.6 Å². The summed E-state index contributed by atoms with van der Waals surface area (Å²) in [6.07, 6.45) is -2.66. The number of carboxylic acid groups (broad SMARTS) is 1. The molecule has 0 saturated heterocycles. The van der Waals surface area contributed by atoms with Gasteiger partial charge in [0, 0.05) is 29.1 Å². The van der Waals surface area contributed by atoms with Crippen LogP contribution < -0.4 is 15.6 Å². The molecule has 2 aromatic carbocycles. The second kappa shape index (κ2) is 9.36. The van der Waals surface area contributed by atoms with Crippen molar-refractivity contribution in [3.8, 4) is 5.88 Å². The van der Waals surface area contributed by atoms with E-state index in [4.69, 9.17) is 10.5 Å². The first-order valence-electron chi connectivity index (χ1n) is 10.5. The van der Waals surface area contributed by atoms with Crippen LogP contribution in [0.3, 0.4) is 0 Å². The molecule has 1 aliphatic carbocycles. The Morgan fingerprint density at radius 2 is 1.80 bits per heavy atom. The third kappa shape index (κ3) is 5.26. The van der Waals surface area contributed by atoms with Gasteiger partial charge in [-0.15, -0.1) is 0 Å². The predicted octanol–water partition coefficient (Wildman–Crippen LogP) is 5.00. The third-order valence-corrected chi connectivity index (χ3v) is 5.64. The van der Waals surface area contributed by atoms with Crippen LogP contribution in [0, 0.1) is 11.6 Å². The van der Waals surface area contributed by atoms with E-state index in [0.29, 0.717) is 48.2 Å². The van der Waals surface area contributed by atoms with E-state index >= 15 is 0 Å². The van der Waals surface area contributed by atoms with Crippen LogP contribution in [0.15, 0.2) is 48.7 Å². The van der Waals surface area contributed by atoms with Crippen molar-refractivity contribution >= 4 is 22.8 Å². The quantitative estimate of drug-likeness (QED) is 0.389. The number of aromatic nitrogens is 1.